The summed E-state index contributed by atoms with van der Waals surface area (Å²) < 4.78 is 0. The molecule has 5 heteroatoms. The van der Waals surface area contributed by atoms with Gasteiger partial charge < -0.3 is 1.43 Å². The van der Waals surface area contributed by atoms with E-state index in [4.69, 9.17) is 16.9 Å². The van der Waals surface area contributed by atoms with E-state index in [-0.39, 0.29) is 36.5 Å². The van der Waals surface area contributed by atoms with Gasteiger partial charge in [-0.25, -0.2) is 4.79 Å². The van der Waals surface area contributed by atoms with E-state index in [1.807, 2.05) is 0 Å². The third-order valence-electron chi connectivity index (χ3n) is 1.14. The molecular weight excluding hydrogens is 191 g/mol. The molecule has 0 aliphatic carbocycles. The molecule has 0 amide bonds. The van der Waals surface area contributed by atoms with Gasteiger partial charge in [-0.2, -0.15) is 5.26 Å². The molecule has 0 atom stereocenters. The van der Waals surface area contributed by atoms with Crippen molar-refractivity contribution in [3.63, 3.8) is 0 Å². The maximum absolute atomic E-state index is 10.6. The smallest absolute Gasteiger partial charge is 1.00 e. The second-order valence-electron chi connectivity index (χ2n) is 1.89. The Morgan fingerprint density at radius 2 is 2.25 bits per heavy atom. The second kappa shape index (κ2) is 5.56. The first-order valence-electron chi connectivity index (χ1n) is 2.85. The molecule has 0 radical (unpaired) electrons. The van der Waals surface area contributed by atoms with Crippen LogP contribution >= 0.6 is 11.6 Å². The van der Waals surface area contributed by atoms with E-state index in [0.717, 1.165) is 0 Å². The van der Waals surface area contributed by atoms with Crippen molar-refractivity contribution in [2.45, 2.75) is 0 Å². The van der Waals surface area contributed by atoms with Gasteiger partial charge in [0.2, 0.25) is 0 Å². The minimum Gasteiger partial charge on any atom is -1.00 e. The summed E-state index contributed by atoms with van der Waals surface area (Å²) in [6.45, 7) is 0. The van der Waals surface area contributed by atoms with Gasteiger partial charge in [-0.15, -0.1) is 0 Å². The summed E-state index contributed by atoms with van der Waals surface area (Å²) in [7, 11) is 0. The number of carbonyl (C=O) groups is 1. The Labute approximate surface area is 98.0 Å². The first-order chi connectivity index (χ1) is 5.24. The van der Waals surface area contributed by atoms with Gasteiger partial charge in [0.25, 0.3) is 0 Å². The largest absolute Gasteiger partial charge is 1.00 e. The summed E-state index contributed by atoms with van der Waals surface area (Å²) in [5.74, 6) is -0.813. The van der Waals surface area contributed by atoms with Crippen molar-refractivity contribution in [2.24, 2.45) is 0 Å². The average molecular weight is 197 g/mol. The number of hydrogen-bond acceptors (Lipinski definition) is 3. The van der Waals surface area contributed by atoms with Crippen LogP contribution in [0.4, 0.5) is 0 Å². The molecule has 0 aliphatic heterocycles. The first kappa shape index (κ1) is 11.9. The molecule has 0 heterocycles. The van der Waals surface area contributed by atoms with Gasteiger partial charge in [-0.05, 0) is 18.2 Å². The van der Waals surface area contributed by atoms with Crippen molar-refractivity contribution >= 4 is 17.6 Å². The van der Waals surface area contributed by atoms with Crippen LogP contribution in [0.2, 0.25) is 5.02 Å². The molecule has 0 aliphatic rings. The van der Waals surface area contributed by atoms with Gasteiger partial charge in [0, 0.05) is 5.02 Å². The van der Waals surface area contributed by atoms with Crippen molar-refractivity contribution in [1.29, 1.82) is 0 Å². The Kier molecular flexibility index (Phi) is 5.53. The third kappa shape index (κ3) is 3.13. The van der Waals surface area contributed by atoms with Crippen molar-refractivity contribution in [2.75, 3.05) is 0 Å². The fourth-order valence-electron chi connectivity index (χ4n) is 0.668. The van der Waals surface area contributed by atoms with E-state index in [0.29, 0.717) is 5.02 Å². The van der Waals surface area contributed by atoms with Gasteiger partial charge in [0.1, 0.15) is 0 Å². The molecule has 1 aromatic rings. The fourth-order valence-corrected chi connectivity index (χ4v) is 0.858. The molecule has 3 nitrogen and oxygen atoms in total. The standard InChI is InChI=1S/C7H5ClO3.Na.H/c8-6-3-1-2-5(4-6)7(9)11-10;;/h1-4,10H;;/q;+1;-1. The molecule has 1 N–H and O–H groups in total. The topological polar surface area (TPSA) is 46.5 Å². The zero-order chi connectivity index (χ0) is 8.27. The monoisotopic (exact) mass is 196 g/mol. The van der Waals surface area contributed by atoms with Crippen molar-refractivity contribution in [3.8, 4) is 0 Å². The Morgan fingerprint density at radius 1 is 1.58 bits per heavy atom. The van der Waals surface area contributed by atoms with Crippen LogP contribution in [0.15, 0.2) is 24.3 Å². The van der Waals surface area contributed by atoms with E-state index in [1.54, 1.807) is 12.1 Å². The van der Waals surface area contributed by atoms with Crippen LogP contribution in [0, 0.1) is 0 Å². The number of carbonyl (C=O) groups excluding carboxylic acids is 1. The number of halogens is 1. The van der Waals surface area contributed by atoms with E-state index in [1.165, 1.54) is 12.1 Å². The normalized spacial score (nSPS) is 8.50. The minimum absolute atomic E-state index is 0. The molecule has 0 saturated carbocycles. The number of hydrogen-bond donors (Lipinski definition) is 1. The van der Waals surface area contributed by atoms with Crippen molar-refractivity contribution in [3.05, 3.63) is 34.9 Å². The predicted molar refractivity (Wildman–Crippen MR) is 40.6 cm³/mol. The van der Waals surface area contributed by atoms with Gasteiger partial charge >= 0.3 is 35.5 Å². The Bertz CT molecular complexity index is 282. The third-order valence-corrected chi connectivity index (χ3v) is 1.38. The van der Waals surface area contributed by atoms with Crippen LogP contribution < -0.4 is 29.6 Å². The summed E-state index contributed by atoms with van der Waals surface area (Å²) in [4.78, 5) is 14.1. The van der Waals surface area contributed by atoms with E-state index < -0.39 is 5.97 Å². The van der Waals surface area contributed by atoms with E-state index >= 15 is 0 Å². The summed E-state index contributed by atoms with van der Waals surface area (Å²) in [5, 5.41) is 8.41. The molecule has 60 valence electrons. The maximum Gasteiger partial charge on any atom is 1.00 e. The van der Waals surface area contributed by atoms with E-state index in [2.05, 4.69) is 4.89 Å². The van der Waals surface area contributed by atoms with Crippen molar-refractivity contribution < 1.29 is 45.9 Å². The van der Waals surface area contributed by atoms with Crippen LogP contribution in [0.5, 0.6) is 0 Å². The van der Waals surface area contributed by atoms with Crippen LogP contribution in [-0.2, 0) is 4.89 Å². The molecule has 0 bridgehead atoms. The Hall–Kier alpha value is -0.0600. The Morgan fingerprint density at radius 3 is 2.75 bits per heavy atom. The molecule has 0 saturated heterocycles. The summed E-state index contributed by atoms with van der Waals surface area (Å²) in [6.07, 6.45) is 0. The zero-order valence-corrected chi connectivity index (χ0v) is 9.21. The van der Waals surface area contributed by atoms with Gasteiger partial charge in [-0.3, -0.25) is 4.89 Å². The molecule has 0 aromatic heterocycles. The van der Waals surface area contributed by atoms with Gasteiger partial charge in [-0.1, -0.05) is 17.7 Å². The summed E-state index contributed by atoms with van der Waals surface area (Å²) >= 11 is 5.56. The molecule has 0 fully saturated rings. The summed E-state index contributed by atoms with van der Waals surface area (Å²) in [6, 6.07) is 6.11. The molecule has 1 aromatic carbocycles. The zero-order valence-electron chi connectivity index (χ0n) is 7.45. The maximum atomic E-state index is 10.6. The van der Waals surface area contributed by atoms with Crippen molar-refractivity contribution in [1.82, 2.24) is 0 Å². The first-order valence-corrected chi connectivity index (χ1v) is 3.23. The predicted octanol–water partition coefficient (Wildman–Crippen LogP) is -0.914. The molecule has 0 spiro atoms. The fraction of sp³-hybridized carbons (Fsp3) is 0. The minimum atomic E-state index is -0.813. The molecule has 1 rings (SSSR count). The Balaban J connectivity index is 0. The van der Waals surface area contributed by atoms with Crippen LogP contribution in [-0.4, -0.2) is 11.2 Å². The van der Waals surface area contributed by atoms with Gasteiger partial charge in [0.05, 0.1) is 5.56 Å². The second-order valence-corrected chi connectivity index (χ2v) is 2.33. The van der Waals surface area contributed by atoms with Crippen LogP contribution in [0.3, 0.4) is 0 Å². The molecule has 12 heavy (non-hydrogen) atoms. The molecular formula is C7H6ClNaO3. The van der Waals surface area contributed by atoms with Crippen LogP contribution in [0.25, 0.3) is 0 Å². The average Bonchev–Trinajstić information content (AvgIpc) is 2.03. The van der Waals surface area contributed by atoms with Gasteiger partial charge in [0.15, 0.2) is 0 Å². The quantitative estimate of drug-likeness (QED) is 0.359. The number of rotatable bonds is 1. The molecule has 0 unspecified atom stereocenters. The number of benzene rings is 1. The van der Waals surface area contributed by atoms with Crippen LogP contribution in [0.1, 0.15) is 11.8 Å². The van der Waals surface area contributed by atoms with E-state index in [9.17, 15) is 4.79 Å². The summed E-state index contributed by atoms with van der Waals surface area (Å²) in [5.41, 5.74) is 0.222. The SMILES string of the molecule is O=C(OO)c1cccc(Cl)c1.[H-].[Na+].